The van der Waals surface area contributed by atoms with Crippen molar-refractivity contribution in [1.82, 2.24) is 14.9 Å². The van der Waals surface area contributed by atoms with Crippen molar-refractivity contribution in [2.24, 2.45) is 0 Å². The number of aryl methyl sites for hydroxylation is 1. The van der Waals surface area contributed by atoms with Gasteiger partial charge in [0.25, 0.3) is 0 Å². The second-order valence-corrected chi connectivity index (χ2v) is 4.75. The van der Waals surface area contributed by atoms with Crippen LogP contribution >= 0.6 is 0 Å². The van der Waals surface area contributed by atoms with Crippen molar-refractivity contribution >= 4 is 5.97 Å². The third-order valence-electron chi connectivity index (χ3n) is 3.67. The molecule has 5 nitrogen and oxygen atoms in total. The lowest BCUT2D eigenvalue weighted by atomic mass is 9.85. The van der Waals surface area contributed by atoms with Crippen LogP contribution in [0, 0.1) is 0 Å². The van der Waals surface area contributed by atoms with E-state index in [0.717, 1.165) is 24.4 Å². The molecule has 0 aromatic carbocycles. The maximum atomic E-state index is 11.1. The van der Waals surface area contributed by atoms with Gasteiger partial charge in [0.2, 0.25) is 0 Å². The molecule has 0 bridgehead atoms. The summed E-state index contributed by atoms with van der Waals surface area (Å²) in [4.78, 5) is 15.5. The number of hydrogen-bond donors (Lipinski definition) is 2. The van der Waals surface area contributed by atoms with E-state index in [1.807, 2.05) is 6.33 Å². The average Bonchev–Trinajstić information content (AvgIpc) is 2.72. The molecular formula is C12H19N3O2. The van der Waals surface area contributed by atoms with Gasteiger partial charge < -0.3 is 9.67 Å². The molecule has 2 unspecified atom stereocenters. The van der Waals surface area contributed by atoms with Crippen molar-refractivity contribution in [2.75, 3.05) is 0 Å². The zero-order valence-electron chi connectivity index (χ0n) is 10.5. The molecule has 2 N–H and O–H groups in total. The molecule has 0 aliphatic carbocycles. The number of nitrogens with one attached hydrogen (secondary N) is 1. The number of hydrogen-bond acceptors (Lipinski definition) is 3. The molecular weight excluding hydrogens is 218 g/mol. The van der Waals surface area contributed by atoms with Crippen LogP contribution in [-0.2, 0) is 23.3 Å². The highest BCUT2D eigenvalue weighted by Gasteiger charge is 2.40. The Morgan fingerprint density at radius 2 is 2.41 bits per heavy atom. The molecule has 1 aliphatic heterocycles. The number of aromatic nitrogens is 2. The first-order valence-corrected chi connectivity index (χ1v) is 6.06. The number of carboxylic acid groups (broad SMARTS) is 1. The third-order valence-corrected chi connectivity index (χ3v) is 3.67. The van der Waals surface area contributed by atoms with E-state index >= 15 is 0 Å². The van der Waals surface area contributed by atoms with Crippen LogP contribution in [0.3, 0.4) is 0 Å². The van der Waals surface area contributed by atoms with Crippen molar-refractivity contribution < 1.29 is 9.90 Å². The fourth-order valence-electron chi connectivity index (χ4n) is 2.56. The quantitative estimate of drug-likeness (QED) is 0.827. The van der Waals surface area contributed by atoms with Gasteiger partial charge in [0, 0.05) is 13.0 Å². The molecule has 2 heterocycles. The monoisotopic (exact) mass is 237 g/mol. The van der Waals surface area contributed by atoms with Gasteiger partial charge in [-0.15, -0.1) is 0 Å². The highest BCUT2D eigenvalue weighted by molar-refractivity contribution is 5.74. The van der Waals surface area contributed by atoms with E-state index < -0.39 is 12.0 Å². The van der Waals surface area contributed by atoms with Gasteiger partial charge in [-0.05, 0) is 20.3 Å². The summed E-state index contributed by atoms with van der Waals surface area (Å²) in [6, 6.07) is -0.535. The van der Waals surface area contributed by atoms with Crippen molar-refractivity contribution in [2.45, 2.75) is 51.7 Å². The summed E-state index contributed by atoms with van der Waals surface area (Å²) in [5.41, 5.74) is 1.76. The van der Waals surface area contributed by atoms with Crippen molar-refractivity contribution in [3.05, 3.63) is 17.7 Å². The van der Waals surface area contributed by atoms with Crippen molar-refractivity contribution in [3.8, 4) is 0 Å². The summed E-state index contributed by atoms with van der Waals surface area (Å²) < 4.78 is 2.10. The van der Waals surface area contributed by atoms with Gasteiger partial charge >= 0.3 is 5.97 Å². The summed E-state index contributed by atoms with van der Waals surface area (Å²) in [6.45, 7) is 7.04. The number of nitrogens with zero attached hydrogens (tertiary/aromatic N) is 2. The SMILES string of the molecule is CCn1cnc2c1C(C)(CC)NC(C(=O)O)C2. The molecule has 5 heteroatoms. The van der Waals surface area contributed by atoms with Crippen molar-refractivity contribution in [1.29, 1.82) is 0 Å². The van der Waals surface area contributed by atoms with Crippen LogP contribution in [0.15, 0.2) is 6.33 Å². The maximum Gasteiger partial charge on any atom is 0.321 e. The van der Waals surface area contributed by atoms with E-state index in [1.54, 1.807) is 0 Å². The molecule has 1 aromatic heterocycles. The summed E-state index contributed by atoms with van der Waals surface area (Å²) in [5.74, 6) is -0.804. The smallest absolute Gasteiger partial charge is 0.321 e. The fraction of sp³-hybridized carbons (Fsp3) is 0.667. The summed E-state index contributed by atoms with van der Waals surface area (Å²) >= 11 is 0. The van der Waals surface area contributed by atoms with Crippen LogP contribution in [0.5, 0.6) is 0 Å². The van der Waals surface area contributed by atoms with Crippen LogP contribution in [0.4, 0.5) is 0 Å². The highest BCUT2D eigenvalue weighted by atomic mass is 16.4. The van der Waals surface area contributed by atoms with E-state index in [9.17, 15) is 4.79 Å². The Morgan fingerprint density at radius 3 is 2.94 bits per heavy atom. The summed E-state index contributed by atoms with van der Waals surface area (Å²) in [7, 11) is 0. The predicted octanol–water partition coefficient (Wildman–Crippen LogP) is 1.13. The summed E-state index contributed by atoms with van der Waals surface area (Å²) in [6.07, 6.45) is 3.12. The molecule has 2 atom stereocenters. The highest BCUT2D eigenvalue weighted by Crippen LogP contribution is 2.32. The molecule has 0 fully saturated rings. The molecule has 2 rings (SSSR count). The Labute approximate surface area is 101 Å². The van der Waals surface area contributed by atoms with Crippen LogP contribution in [0.1, 0.15) is 38.6 Å². The second-order valence-electron chi connectivity index (χ2n) is 4.75. The van der Waals surface area contributed by atoms with E-state index in [-0.39, 0.29) is 5.54 Å². The Kier molecular flexibility index (Phi) is 2.95. The molecule has 0 spiro atoms. The van der Waals surface area contributed by atoms with E-state index in [1.165, 1.54) is 0 Å². The first-order chi connectivity index (χ1) is 8.01. The Bertz CT molecular complexity index is 441. The lowest BCUT2D eigenvalue weighted by Crippen LogP contribution is -2.54. The van der Waals surface area contributed by atoms with Gasteiger partial charge in [0.05, 0.1) is 23.3 Å². The number of carbonyl (C=O) groups is 1. The first kappa shape index (κ1) is 12.1. The molecule has 1 aromatic rings. The minimum atomic E-state index is -0.804. The van der Waals surface area contributed by atoms with E-state index in [0.29, 0.717) is 6.42 Å². The third kappa shape index (κ3) is 1.84. The van der Waals surface area contributed by atoms with E-state index in [4.69, 9.17) is 5.11 Å². The van der Waals surface area contributed by atoms with Gasteiger partial charge in [-0.25, -0.2) is 4.98 Å². The van der Waals surface area contributed by atoms with Crippen LogP contribution < -0.4 is 5.32 Å². The topological polar surface area (TPSA) is 67.2 Å². The molecule has 17 heavy (non-hydrogen) atoms. The van der Waals surface area contributed by atoms with Crippen molar-refractivity contribution in [3.63, 3.8) is 0 Å². The molecule has 0 saturated heterocycles. The normalized spacial score (nSPS) is 27.8. The molecule has 94 valence electrons. The van der Waals surface area contributed by atoms with Gasteiger partial charge in [-0.3, -0.25) is 10.1 Å². The first-order valence-electron chi connectivity index (χ1n) is 6.06. The average molecular weight is 237 g/mol. The number of imidazole rings is 1. The summed E-state index contributed by atoms with van der Waals surface area (Å²) in [5, 5.41) is 12.4. The second kappa shape index (κ2) is 4.14. The predicted molar refractivity (Wildman–Crippen MR) is 63.8 cm³/mol. The van der Waals surface area contributed by atoms with Crippen LogP contribution in [0.25, 0.3) is 0 Å². The Hall–Kier alpha value is -1.36. The minimum Gasteiger partial charge on any atom is -0.480 e. The molecule has 0 amide bonds. The zero-order chi connectivity index (χ0) is 12.6. The molecule has 0 saturated carbocycles. The van der Waals surface area contributed by atoms with E-state index in [2.05, 4.69) is 35.6 Å². The number of rotatable bonds is 3. The van der Waals surface area contributed by atoms with Gasteiger partial charge in [0.1, 0.15) is 6.04 Å². The molecule has 1 aliphatic rings. The number of carboxylic acids is 1. The zero-order valence-corrected chi connectivity index (χ0v) is 10.5. The maximum absolute atomic E-state index is 11.1. The van der Waals surface area contributed by atoms with Gasteiger partial charge in [-0.1, -0.05) is 6.92 Å². The Balaban J connectivity index is 2.48. The fourth-order valence-corrected chi connectivity index (χ4v) is 2.56. The Morgan fingerprint density at radius 1 is 1.71 bits per heavy atom. The van der Waals surface area contributed by atoms with Crippen LogP contribution in [-0.4, -0.2) is 26.7 Å². The molecule has 0 radical (unpaired) electrons. The minimum absolute atomic E-state index is 0.302. The lowest BCUT2D eigenvalue weighted by Gasteiger charge is -2.38. The standard InChI is InChI=1S/C12H19N3O2/c1-4-12(3)10-8(13-7-15(10)5-2)6-9(14-12)11(16)17/h7,9,14H,4-6H2,1-3H3,(H,16,17). The van der Waals surface area contributed by atoms with Gasteiger partial charge in [-0.2, -0.15) is 0 Å². The largest absolute Gasteiger partial charge is 0.480 e. The van der Waals surface area contributed by atoms with Crippen LogP contribution in [0.2, 0.25) is 0 Å². The lowest BCUT2D eigenvalue weighted by molar-refractivity contribution is -0.140. The number of fused-ring (bicyclic) bond motifs is 1. The van der Waals surface area contributed by atoms with Gasteiger partial charge in [0.15, 0.2) is 0 Å². The number of aliphatic carboxylic acids is 1.